The van der Waals surface area contributed by atoms with Crippen LogP contribution in [0.1, 0.15) is 41.6 Å². The highest BCUT2D eigenvalue weighted by Gasteiger charge is 2.56. The number of nitrogens with zero attached hydrogens (tertiary/aromatic N) is 1. The second-order valence-electron chi connectivity index (χ2n) is 10.2. The van der Waals surface area contributed by atoms with E-state index in [-0.39, 0.29) is 41.4 Å². The molecule has 2 N–H and O–H groups in total. The summed E-state index contributed by atoms with van der Waals surface area (Å²) in [6.45, 7) is 1.59. The van der Waals surface area contributed by atoms with Gasteiger partial charge in [-0.2, -0.15) is 0 Å². The first-order valence-electron chi connectivity index (χ1n) is 12.4. The number of allylic oxidation sites excluding steroid dienone is 6. The fourth-order valence-electron chi connectivity index (χ4n) is 6.46. The highest BCUT2D eigenvalue weighted by atomic mass is 16.4. The third-order valence-electron chi connectivity index (χ3n) is 8.14. The molecule has 1 fully saturated rings. The number of hydrogen-bond donors (Lipinski definition) is 2. The normalized spacial score (nSPS) is 26.5. The number of hydrogen-bond acceptors (Lipinski definition) is 6. The minimum absolute atomic E-state index is 0.0368. The number of imide groups is 1. The number of carbonyl (C=O) groups excluding carboxylic acids is 4. The molecule has 190 valence electrons. The standard InChI is InChI=1S/C30H23NO7/c1-14-11-23(33)26-22(27(14)34)13-21-19(24(26)15-5-7-18(32)8-6-15)9-10-20-25(21)29(36)31(28(20)35)17-4-2-3-16(12-17)30(37)38/h2-9,11-12,20-21,24-25,32H,10,13H2,1H3,(H,37,38). The zero-order chi connectivity index (χ0) is 26.9. The number of phenols is 1. The van der Waals surface area contributed by atoms with E-state index in [1.165, 1.54) is 42.5 Å². The lowest BCUT2D eigenvalue weighted by Crippen LogP contribution is -2.39. The number of ketones is 2. The van der Waals surface area contributed by atoms with Crippen molar-refractivity contribution < 1.29 is 34.2 Å². The SMILES string of the molecule is CC1=CC(=O)C2=C(CC3C(=CCC4C(=O)N(c5cccc(C(=O)O)c5)C(=O)C43)C2c2ccc(O)cc2)C1=O. The monoisotopic (exact) mass is 509 g/mol. The van der Waals surface area contributed by atoms with Crippen molar-refractivity contribution >= 4 is 35.0 Å². The molecular weight excluding hydrogens is 486 g/mol. The van der Waals surface area contributed by atoms with Crippen molar-refractivity contribution in [2.24, 2.45) is 17.8 Å². The summed E-state index contributed by atoms with van der Waals surface area (Å²) in [5.74, 6) is -4.92. The number of benzene rings is 2. The first-order chi connectivity index (χ1) is 18.2. The number of phenolic OH excluding ortho intramolecular Hbond substituents is 1. The lowest BCUT2D eigenvalue weighted by atomic mass is 9.59. The zero-order valence-electron chi connectivity index (χ0n) is 20.4. The summed E-state index contributed by atoms with van der Waals surface area (Å²) in [6.07, 6.45) is 3.71. The van der Waals surface area contributed by atoms with Crippen molar-refractivity contribution in [3.05, 3.63) is 94.1 Å². The molecule has 1 saturated heterocycles. The molecule has 8 nitrogen and oxygen atoms in total. The maximum atomic E-state index is 13.9. The fraction of sp³-hybridized carbons (Fsp3) is 0.233. The van der Waals surface area contributed by atoms with Gasteiger partial charge in [0.2, 0.25) is 11.8 Å². The molecule has 4 aliphatic rings. The quantitative estimate of drug-likeness (QED) is 0.366. The average Bonchev–Trinajstić information content (AvgIpc) is 3.16. The number of Topliss-reactive ketones (excluding diaryl/α,β-unsaturated/α-hetero) is 1. The van der Waals surface area contributed by atoms with Crippen LogP contribution in [0, 0.1) is 17.8 Å². The van der Waals surface area contributed by atoms with Crippen molar-refractivity contribution in [1.82, 2.24) is 0 Å². The van der Waals surface area contributed by atoms with Crippen LogP contribution in [-0.2, 0) is 19.2 Å². The first kappa shape index (κ1) is 23.8. The Kier molecular flexibility index (Phi) is 5.31. The van der Waals surface area contributed by atoms with E-state index in [0.717, 1.165) is 10.5 Å². The number of carboxylic acids is 1. The minimum atomic E-state index is -1.17. The summed E-state index contributed by atoms with van der Waals surface area (Å²) in [7, 11) is 0. The Morgan fingerprint density at radius 1 is 0.974 bits per heavy atom. The number of amides is 2. The fourth-order valence-corrected chi connectivity index (χ4v) is 6.46. The number of anilines is 1. The molecule has 8 heteroatoms. The summed E-state index contributed by atoms with van der Waals surface area (Å²) in [5.41, 5.74) is 2.76. The van der Waals surface area contributed by atoms with Gasteiger partial charge in [0.1, 0.15) is 5.75 Å². The van der Waals surface area contributed by atoms with Crippen LogP contribution < -0.4 is 4.90 Å². The molecule has 0 radical (unpaired) electrons. The second-order valence-corrected chi connectivity index (χ2v) is 10.2. The Bertz CT molecular complexity index is 1560. The van der Waals surface area contributed by atoms with E-state index in [9.17, 15) is 34.2 Å². The highest BCUT2D eigenvalue weighted by Crippen LogP contribution is 2.55. The predicted octanol–water partition coefficient (Wildman–Crippen LogP) is 3.72. The summed E-state index contributed by atoms with van der Waals surface area (Å²) < 4.78 is 0. The van der Waals surface area contributed by atoms with Gasteiger partial charge in [0.05, 0.1) is 23.1 Å². The van der Waals surface area contributed by atoms with Crippen LogP contribution in [0.3, 0.4) is 0 Å². The molecule has 2 aromatic carbocycles. The summed E-state index contributed by atoms with van der Waals surface area (Å²) in [4.78, 5) is 66.4. The van der Waals surface area contributed by atoms with Gasteiger partial charge < -0.3 is 10.2 Å². The van der Waals surface area contributed by atoms with Crippen LogP contribution in [0.25, 0.3) is 0 Å². The third kappa shape index (κ3) is 3.40. The van der Waals surface area contributed by atoms with Crippen molar-refractivity contribution in [1.29, 1.82) is 0 Å². The van der Waals surface area contributed by atoms with E-state index >= 15 is 0 Å². The van der Waals surface area contributed by atoms with Gasteiger partial charge in [-0.3, -0.25) is 24.1 Å². The molecule has 0 bridgehead atoms. The van der Waals surface area contributed by atoms with Crippen molar-refractivity contribution in [2.45, 2.75) is 25.7 Å². The molecule has 4 unspecified atom stereocenters. The summed E-state index contributed by atoms with van der Waals surface area (Å²) >= 11 is 0. The molecule has 4 atom stereocenters. The topological polar surface area (TPSA) is 129 Å². The summed E-state index contributed by atoms with van der Waals surface area (Å²) in [5, 5.41) is 19.2. The van der Waals surface area contributed by atoms with Gasteiger partial charge in [0, 0.05) is 22.6 Å². The first-order valence-corrected chi connectivity index (χ1v) is 12.4. The number of aromatic carboxylic acids is 1. The van der Waals surface area contributed by atoms with Crippen molar-refractivity contribution in [2.75, 3.05) is 4.90 Å². The molecule has 1 heterocycles. The van der Waals surface area contributed by atoms with E-state index in [0.29, 0.717) is 22.3 Å². The Hall–Kier alpha value is -4.59. The second kappa shape index (κ2) is 8.48. The predicted molar refractivity (Wildman–Crippen MR) is 135 cm³/mol. The van der Waals surface area contributed by atoms with E-state index in [4.69, 9.17) is 0 Å². The van der Waals surface area contributed by atoms with Crippen molar-refractivity contribution in [3.63, 3.8) is 0 Å². The Labute approximate surface area is 217 Å². The van der Waals surface area contributed by atoms with Gasteiger partial charge in [-0.05, 0) is 67.7 Å². The number of carboxylic acid groups (broad SMARTS) is 1. The Morgan fingerprint density at radius 2 is 1.71 bits per heavy atom. The van der Waals surface area contributed by atoms with Crippen LogP contribution in [0.2, 0.25) is 0 Å². The molecule has 1 aliphatic heterocycles. The molecular formula is C30H23NO7. The molecule has 38 heavy (non-hydrogen) atoms. The van der Waals surface area contributed by atoms with E-state index in [2.05, 4.69) is 0 Å². The van der Waals surface area contributed by atoms with Gasteiger partial charge in [-0.1, -0.05) is 29.8 Å². The number of carbonyl (C=O) groups is 5. The number of aromatic hydroxyl groups is 1. The van der Waals surface area contributed by atoms with Gasteiger partial charge in [-0.25, -0.2) is 4.79 Å². The van der Waals surface area contributed by atoms with Crippen LogP contribution in [0.5, 0.6) is 5.75 Å². The molecule has 0 saturated carbocycles. The lowest BCUT2D eigenvalue weighted by molar-refractivity contribution is -0.123. The van der Waals surface area contributed by atoms with Crippen LogP contribution in [0.4, 0.5) is 5.69 Å². The zero-order valence-corrected chi connectivity index (χ0v) is 20.4. The largest absolute Gasteiger partial charge is 0.508 e. The molecule has 6 rings (SSSR count). The molecule has 2 aromatic rings. The average molecular weight is 510 g/mol. The van der Waals surface area contributed by atoms with Gasteiger partial charge in [-0.15, -0.1) is 0 Å². The number of fused-ring (bicyclic) bond motifs is 3. The van der Waals surface area contributed by atoms with E-state index in [1.54, 1.807) is 19.1 Å². The Morgan fingerprint density at radius 3 is 2.42 bits per heavy atom. The third-order valence-corrected chi connectivity index (χ3v) is 8.14. The minimum Gasteiger partial charge on any atom is -0.508 e. The van der Waals surface area contributed by atoms with Crippen LogP contribution in [-0.4, -0.2) is 39.6 Å². The molecule has 3 aliphatic carbocycles. The maximum Gasteiger partial charge on any atom is 0.335 e. The number of rotatable bonds is 3. The molecule has 0 spiro atoms. The van der Waals surface area contributed by atoms with Gasteiger partial charge in [0.25, 0.3) is 0 Å². The Balaban J connectivity index is 1.47. The van der Waals surface area contributed by atoms with Crippen molar-refractivity contribution in [3.8, 4) is 5.75 Å². The molecule has 0 aromatic heterocycles. The summed E-state index contributed by atoms with van der Waals surface area (Å²) in [6, 6.07) is 12.2. The van der Waals surface area contributed by atoms with Crippen LogP contribution >= 0.6 is 0 Å². The van der Waals surface area contributed by atoms with Gasteiger partial charge >= 0.3 is 5.97 Å². The molecule has 2 amide bonds. The lowest BCUT2D eigenvalue weighted by Gasteiger charge is -2.42. The van der Waals surface area contributed by atoms with E-state index < -0.39 is 41.5 Å². The highest BCUT2D eigenvalue weighted by molar-refractivity contribution is 6.25. The van der Waals surface area contributed by atoms with Gasteiger partial charge in [0.15, 0.2) is 11.6 Å². The van der Waals surface area contributed by atoms with E-state index in [1.807, 2.05) is 6.08 Å². The smallest absolute Gasteiger partial charge is 0.335 e. The maximum absolute atomic E-state index is 13.9. The van der Waals surface area contributed by atoms with Crippen LogP contribution in [0.15, 0.2) is 83.0 Å².